The van der Waals surface area contributed by atoms with Crippen LogP contribution < -0.4 is 10.7 Å². The van der Waals surface area contributed by atoms with Gasteiger partial charge in [-0.2, -0.15) is 4.99 Å². The van der Waals surface area contributed by atoms with E-state index in [2.05, 4.69) is 22.3 Å². The molecule has 0 aromatic heterocycles. The number of hydrogen-bond acceptors (Lipinski definition) is 8. The lowest BCUT2D eigenvalue weighted by Gasteiger charge is -2.43. The third kappa shape index (κ3) is 3.04. The van der Waals surface area contributed by atoms with Crippen LogP contribution in [0.2, 0.25) is 0 Å². The van der Waals surface area contributed by atoms with Gasteiger partial charge in [-0.25, -0.2) is 0 Å². The van der Waals surface area contributed by atoms with Gasteiger partial charge in [0.25, 0.3) is 0 Å². The Morgan fingerprint density at radius 1 is 1.26 bits per heavy atom. The number of amidine groups is 1. The molecule has 0 radical (unpaired) electrons. The fourth-order valence-corrected chi connectivity index (χ4v) is 3.63. The number of rotatable bonds is 3. The zero-order valence-corrected chi connectivity index (χ0v) is 15.0. The van der Waals surface area contributed by atoms with E-state index in [1.54, 1.807) is 17.2 Å². The molecular weight excluding hydrogens is 364 g/mol. The summed E-state index contributed by atoms with van der Waals surface area (Å²) in [5.74, 6) is -0.632. The first-order valence-electron chi connectivity index (χ1n) is 8.24. The maximum Gasteiger partial charge on any atom is 0.240 e. The average molecular weight is 380 g/mol. The van der Waals surface area contributed by atoms with E-state index in [0.29, 0.717) is 22.2 Å². The quantitative estimate of drug-likeness (QED) is 0.421. The Bertz CT molecular complexity index is 977. The molecule has 0 bridgehead atoms. The molecule has 0 spiro atoms. The van der Waals surface area contributed by atoms with Gasteiger partial charge in [0.2, 0.25) is 17.4 Å². The summed E-state index contributed by atoms with van der Waals surface area (Å²) in [6.45, 7) is 3.69. The summed E-state index contributed by atoms with van der Waals surface area (Å²) < 4.78 is 0. The molecule has 2 heterocycles. The number of ketones is 2. The van der Waals surface area contributed by atoms with Gasteiger partial charge in [-0.15, -0.1) is 6.58 Å². The molecule has 3 N–H and O–H groups in total. The summed E-state index contributed by atoms with van der Waals surface area (Å²) in [6.07, 6.45) is 5.40. The van der Waals surface area contributed by atoms with Gasteiger partial charge in [0.15, 0.2) is 5.17 Å². The number of anilines is 1. The summed E-state index contributed by atoms with van der Waals surface area (Å²) >= 11 is 1.39. The van der Waals surface area contributed by atoms with E-state index in [4.69, 9.17) is 0 Å². The van der Waals surface area contributed by atoms with E-state index in [1.807, 2.05) is 24.3 Å². The molecule has 0 fully saturated rings. The molecule has 1 aliphatic carbocycles. The summed E-state index contributed by atoms with van der Waals surface area (Å²) in [7, 11) is 0. The second kappa shape index (κ2) is 6.81. The Hall–Kier alpha value is -3.26. The molecule has 1 aromatic carbocycles. The van der Waals surface area contributed by atoms with Crippen LogP contribution in [0.15, 0.2) is 71.6 Å². The van der Waals surface area contributed by atoms with Crippen LogP contribution >= 0.6 is 11.8 Å². The van der Waals surface area contributed by atoms with Crippen molar-refractivity contribution in [1.29, 1.82) is 0 Å². The van der Waals surface area contributed by atoms with Crippen molar-refractivity contribution in [3.8, 4) is 0 Å². The van der Waals surface area contributed by atoms with E-state index in [0.717, 1.165) is 11.3 Å². The van der Waals surface area contributed by atoms with E-state index < -0.39 is 17.7 Å². The SMILES string of the molecule is C=CCSC1=NC(O)=C2c3ccccc3N[C@@H](C3=CC(=O)C(=O)C=C3)N2N1. The third-order valence-corrected chi connectivity index (χ3v) is 5.09. The number of benzene rings is 1. The van der Waals surface area contributed by atoms with Gasteiger partial charge in [-0.05, 0) is 18.2 Å². The van der Waals surface area contributed by atoms with Crippen molar-refractivity contribution < 1.29 is 14.7 Å². The molecule has 27 heavy (non-hydrogen) atoms. The predicted molar refractivity (Wildman–Crippen MR) is 106 cm³/mol. The number of hydrazine groups is 1. The minimum absolute atomic E-state index is 0.123. The Morgan fingerprint density at radius 3 is 2.85 bits per heavy atom. The van der Waals surface area contributed by atoms with Gasteiger partial charge in [0.1, 0.15) is 11.9 Å². The first kappa shape index (κ1) is 17.2. The monoisotopic (exact) mass is 380 g/mol. The van der Waals surface area contributed by atoms with Crippen molar-refractivity contribution in [2.75, 3.05) is 11.1 Å². The van der Waals surface area contributed by atoms with E-state index >= 15 is 0 Å². The average Bonchev–Trinajstić information content (AvgIpc) is 2.67. The Balaban J connectivity index is 1.80. The standard InChI is InChI=1S/C19H16N4O3S/c1-2-9-27-19-21-18(26)16-12-5-3-4-6-13(12)20-17(23(16)22-19)11-7-8-14(24)15(25)10-11/h2-8,10,17,20,26H,1,9H2,(H,21,22)/t17-/m1/s1. The number of allylic oxidation sites excluding steroid dienone is 2. The van der Waals surface area contributed by atoms with Gasteiger partial charge >= 0.3 is 0 Å². The van der Waals surface area contributed by atoms with E-state index in [1.165, 1.54) is 23.9 Å². The molecule has 2 aliphatic heterocycles. The minimum atomic E-state index is -0.574. The van der Waals surface area contributed by atoms with E-state index in [-0.39, 0.29) is 5.88 Å². The number of nitrogens with zero attached hydrogens (tertiary/aromatic N) is 2. The molecule has 0 saturated heterocycles. The van der Waals surface area contributed by atoms with Crippen molar-refractivity contribution in [1.82, 2.24) is 10.4 Å². The van der Waals surface area contributed by atoms with Crippen molar-refractivity contribution in [2.45, 2.75) is 6.17 Å². The fourth-order valence-electron chi connectivity index (χ4n) is 3.04. The van der Waals surface area contributed by atoms with Crippen molar-refractivity contribution in [2.24, 2.45) is 4.99 Å². The summed E-state index contributed by atoms with van der Waals surface area (Å²) in [5.41, 5.74) is 5.84. The lowest BCUT2D eigenvalue weighted by molar-refractivity contribution is -0.131. The molecule has 0 saturated carbocycles. The highest BCUT2D eigenvalue weighted by Gasteiger charge is 2.37. The normalized spacial score (nSPS) is 20.9. The van der Waals surface area contributed by atoms with Crippen LogP contribution in [0.1, 0.15) is 5.56 Å². The molecule has 0 unspecified atom stereocenters. The number of aliphatic imine (C=N–C) groups is 1. The number of aliphatic hydroxyl groups is 1. The highest BCUT2D eigenvalue weighted by molar-refractivity contribution is 8.13. The fraction of sp³-hybridized carbons (Fsp3) is 0.105. The van der Waals surface area contributed by atoms with Gasteiger partial charge in [-0.1, -0.05) is 42.1 Å². The van der Waals surface area contributed by atoms with Gasteiger partial charge < -0.3 is 10.4 Å². The smallest absolute Gasteiger partial charge is 0.240 e. The maximum absolute atomic E-state index is 11.9. The van der Waals surface area contributed by atoms with Crippen molar-refractivity contribution in [3.63, 3.8) is 0 Å². The summed E-state index contributed by atoms with van der Waals surface area (Å²) in [5, 5.41) is 16.2. The first-order valence-corrected chi connectivity index (χ1v) is 9.22. The molecule has 1 aromatic rings. The number of thioether (sulfide) groups is 1. The zero-order chi connectivity index (χ0) is 19.0. The third-order valence-electron chi connectivity index (χ3n) is 4.23. The van der Waals surface area contributed by atoms with Crippen LogP contribution in [0.3, 0.4) is 0 Å². The first-order chi connectivity index (χ1) is 13.1. The number of carbonyl (C=O) groups excluding carboxylic acids is 2. The Kier molecular flexibility index (Phi) is 4.33. The second-order valence-electron chi connectivity index (χ2n) is 5.97. The van der Waals surface area contributed by atoms with E-state index in [9.17, 15) is 14.7 Å². The molecule has 8 heteroatoms. The largest absolute Gasteiger partial charge is 0.492 e. The van der Waals surface area contributed by atoms with Gasteiger partial charge in [-0.3, -0.25) is 20.0 Å². The number of nitrogens with one attached hydrogen (secondary N) is 2. The van der Waals surface area contributed by atoms with Crippen molar-refractivity contribution >= 4 is 39.9 Å². The van der Waals surface area contributed by atoms with Crippen LogP contribution in [-0.4, -0.2) is 38.8 Å². The Morgan fingerprint density at radius 2 is 2.07 bits per heavy atom. The van der Waals surface area contributed by atoms with Crippen LogP contribution in [-0.2, 0) is 9.59 Å². The minimum Gasteiger partial charge on any atom is -0.492 e. The number of carbonyl (C=O) groups is 2. The molecule has 1 atom stereocenters. The number of para-hydroxylation sites is 1. The number of fused-ring (bicyclic) bond motifs is 3. The summed E-state index contributed by atoms with van der Waals surface area (Å²) in [6, 6.07) is 7.50. The van der Waals surface area contributed by atoms with Crippen LogP contribution in [0.25, 0.3) is 5.70 Å². The van der Waals surface area contributed by atoms with Gasteiger partial charge in [0, 0.05) is 22.6 Å². The molecule has 4 rings (SSSR count). The topological polar surface area (TPSA) is 94.0 Å². The molecule has 3 aliphatic rings. The zero-order valence-electron chi connectivity index (χ0n) is 14.2. The highest BCUT2D eigenvalue weighted by atomic mass is 32.2. The molecule has 7 nitrogen and oxygen atoms in total. The van der Waals surface area contributed by atoms with Crippen molar-refractivity contribution in [3.05, 3.63) is 72.2 Å². The van der Waals surface area contributed by atoms with Crippen LogP contribution in [0.4, 0.5) is 5.69 Å². The van der Waals surface area contributed by atoms with Crippen LogP contribution in [0, 0.1) is 0 Å². The Labute approximate surface area is 159 Å². The van der Waals surface area contributed by atoms with Gasteiger partial charge in [0.05, 0.1) is 0 Å². The molecule has 136 valence electrons. The molecular formula is C19H16N4O3S. The lowest BCUT2D eigenvalue weighted by atomic mass is 9.98. The number of hydrogen-bond donors (Lipinski definition) is 3. The second-order valence-corrected chi connectivity index (χ2v) is 6.98. The number of aliphatic hydroxyl groups excluding tert-OH is 1. The predicted octanol–water partition coefficient (Wildman–Crippen LogP) is 2.35. The lowest BCUT2D eigenvalue weighted by Crippen LogP contribution is -2.54. The molecule has 0 amide bonds. The van der Waals surface area contributed by atoms with Crippen LogP contribution in [0.5, 0.6) is 0 Å². The highest BCUT2D eigenvalue weighted by Crippen LogP contribution is 2.38. The maximum atomic E-state index is 11.9. The summed E-state index contributed by atoms with van der Waals surface area (Å²) in [4.78, 5) is 27.6.